The summed E-state index contributed by atoms with van der Waals surface area (Å²) in [5.74, 6) is -0.833. The van der Waals surface area contributed by atoms with Crippen LogP contribution in [0.1, 0.15) is 89.8 Å². The predicted octanol–water partition coefficient (Wildman–Crippen LogP) is 5.62. The second-order valence-corrected chi connectivity index (χ2v) is 6.98. The van der Waals surface area contributed by atoms with Crippen LogP contribution < -0.4 is 0 Å². The van der Waals surface area contributed by atoms with Gasteiger partial charge in [-0.25, -0.2) is 4.79 Å². The zero-order chi connectivity index (χ0) is 18.3. The first-order chi connectivity index (χ1) is 11.9. The molecule has 2 unspecified atom stereocenters. The van der Waals surface area contributed by atoms with Crippen molar-refractivity contribution in [3.63, 3.8) is 0 Å². The fraction of sp³-hybridized carbons (Fsp3) is 0.364. The molecule has 2 aromatic rings. The molecular formula is C22H24O3. The van der Waals surface area contributed by atoms with Crippen molar-refractivity contribution in [3.8, 4) is 11.1 Å². The molecule has 0 amide bonds. The zero-order valence-electron chi connectivity index (χ0n) is 15.2. The van der Waals surface area contributed by atoms with Crippen LogP contribution in [0.3, 0.4) is 0 Å². The zero-order valence-corrected chi connectivity index (χ0v) is 15.2. The summed E-state index contributed by atoms with van der Waals surface area (Å²) in [6.45, 7) is 8.16. The summed E-state index contributed by atoms with van der Waals surface area (Å²) in [5, 5.41) is 9.96. The monoisotopic (exact) mass is 336 g/mol. The number of hydrogen-bond acceptors (Lipinski definition) is 2. The molecule has 0 aliphatic heterocycles. The molecule has 0 bridgehead atoms. The fourth-order valence-corrected chi connectivity index (χ4v) is 3.78. The van der Waals surface area contributed by atoms with Crippen LogP contribution in [0.2, 0.25) is 0 Å². The second kappa shape index (κ2) is 6.47. The van der Waals surface area contributed by atoms with Crippen LogP contribution in [0, 0.1) is 0 Å². The van der Waals surface area contributed by atoms with E-state index in [-0.39, 0.29) is 17.6 Å². The van der Waals surface area contributed by atoms with E-state index in [4.69, 9.17) is 0 Å². The lowest BCUT2D eigenvalue weighted by Crippen LogP contribution is -2.15. The molecule has 0 spiro atoms. The molecular weight excluding hydrogens is 312 g/mol. The number of aromatic carboxylic acids is 1. The number of fused-ring (bicyclic) bond motifs is 3. The molecule has 3 rings (SSSR count). The first-order valence-electron chi connectivity index (χ1n) is 9.00. The molecule has 130 valence electrons. The summed E-state index contributed by atoms with van der Waals surface area (Å²) in [6, 6.07) is 9.53. The highest BCUT2D eigenvalue weighted by atomic mass is 16.4. The van der Waals surface area contributed by atoms with Gasteiger partial charge in [-0.05, 0) is 53.0 Å². The summed E-state index contributed by atoms with van der Waals surface area (Å²) in [7, 11) is 0. The van der Waals surface area contributed by atoms with Crippen molar-refractivity contribution in [3.05, 3.63) is 58.1 Å². The third-order valence-corrected chi connectivity index (χ3v) is 5.55. The van der Waals surface area contributed by atoms with Crippen molar-refractivity contribution < 1.29 is 14.7 Å². The Kier molecular flexibility index (Phi) is 4.51. The van der Waals surface area contributed by atoms with Crippen molar-refractivity contribution >= 4 is 11.8 Å². The number of rotatable bonds is 5. The molecule has 1 N–H and O–H groups in total. The molecule has 2 aromatic carbocycles. The molecule has 3 heteroatoms. The van der Waals surface area contributed by atoms with Gasteiger partial charge in [0.15, 0.2) is 5.78 Å². The Hall–Kier alpha value is -2.42. The topological polar surface area (TPSA) is 54.4 Å². The van der Waals surface area contributed by atoms with Crippen LogP contribution in [0.25, 0.3) is 11.1 Å². The van der Waals surface area contributed by atoms with Gasteiger partial charge in [-0.2, -0.15) is 0 Å². The SMILES string of the molecule is CCC(C)c1cc2c(c(C(C)CC)c1C(=O)O)C(=O)c1ccccc1-2. The van der Waals surface area contributed by atoms with Gasteiger partial charge in [-0.3, -0.25) is 4.79 Å². The molecule has 1 aliphatic carbocycles. The van der Waals surface area contributed by atoms with Gasteiger partial charge >= 0.3 is 5.97 Å². The molecule has 3 nitrogen and oxygen atoms in total. The number of carboxylic acid groups (broad SMARTS) is 1. The van der Waals surface area contributed by atoms with Crippen LogP contribution in [0.4, 0.5) is 0 Å². The highest BCUT2D eigenvalue weighted by Crippen LogP contribution is 2.45. The van der Waals surface area contributed by atoms with E-state index in [1.165, 1.54) is 0 Å². The Morgan fingerprint density at radius 1 is 1.00 bits per heavy atom. The fourth-order valence-electron chi connectivity index (χ4n) is 3.78. The second-order valence-electron chi connectivity index (χ2n) is 6.98. The lowest BCUT2D eigenvalue weighted by Gasteiger charge is -2.23. The highest BCUT2D eigenvalue weighted by molar-refractivity contribution is 6.23. The van der Waals surface area contributed by atoms with Gasteiger partial charge in [0.1, 0.15) is 0 Å². The van der Waals surface area contributed by atoms with Crippen LogP contribution in [0.15, 0.2) is 30.3 Å². The number of carbonyl (C=O) groups is 2. The van der Waals surface area contributed by atoms with Crippen LogP contribution >= 0.6 is 0 Å². The van der Waals surface area contributed by atoms with E-state index in [2.05, 4.69) is 13.8 Å². The Morgan fingerprint density at radius 2 is 1.60 bits per heavy atom. The standard InChI is InChI=1S/C22H24O3/c1-5-12(3)16-11-17-14-9-7-8-10-15(14)21(23)19(17)18(13(4)6-2)20(16)22(24)25/h7-13H,5-6H2,1-4H3,(H,24,25). The minimum Gasteiger partial charge on any atom is -0.478 e. The van der Waals surface area contributed by atoms with Gasteiger partial charge in [0.05, 0.1) is 5.56 Å². The van der Waals surface area contributed by atoms with Crippen molar-refractivity contribution in [2.24, 2.45) is 0 Å². The first-order valence-corrected chi connectivity index (χ1v) is 9.00. The molecule has 2 atom stereocenters. The quantitative estimate of drug-likeness (QED) is 0.657. The van der Waals surface area contributed by atoms with Gasteiger partial charge in [0, 0.05) is 11.1 Å². The van der Waals surface area contributed by atoms with E-state index in [1.807, 2.05) is 44.2 Å². The van der Waals surface area contributed by atoms with E-state index in [9.17, 15) is 14.7 Å². The number of benzene rings is 2. The summed E-state index contributed by atoms with van der Waals surface area (Å²) in [4.78, 5) is 25.2. The first kappa shape index (κ1) is 17.4. The molecule has 0 radical (unpaired) electrons. The predicted molar refractivity (Wildman–Crippen MR) is 99.7 cm³/mol. The average molecular weight is 336 g/mol. The van der Waals surface area contributed by atoms with E-state index >= 15 is 0 Å². The third kappa shape index (κ3) is 2.58. The normalized spacial score (nSPS) is 14.8. The molecule has 0 saturated carbocycles. The lowest BCUT2D eigenvalue weighted by atomic mass is 9.80. The van der Waals surface area contributed by atoms with Crippen LogP contribution in [0.5, 0.6) is 0 Å². The maximum absolute atomic E-state index is 13.1. The largest absolute Gasteiger partial charge is 0.478 e. The molecule has 0 saturated heterocycles. The van der Waals surface area contributed by atoms with E-state index in [0.29, 0.717) is 22.3 Å². The van der Waals surface area contributed by atoms with Gasteiger partial charge in [-0.1, -0.05) is 52.0 Å². The van der Waals surface area contributed by atoms with Gasteiger partial charge in [-0.15, -0.1) is 0 Å². The Balaban J connectivity index is 2.45. The van der Waals surface area contributed by atoms with Crippen molar-refractivity contribution in [1.29, 1.82) is 0 Å². The minimum absolute atomic E-state index is 0.0159. The highest BCUT2D eigenvalue weighted by Gasteiger charge is 2.35. The summed E-state index contributed by atoms with van der Waals surface area (Å²) in [5.41, 5.74) is 4.99. The molecule has 1 aliphatic rings. The number of hydrogen-bond donors (Lipinski definition) is 1. The van der Waals surface area contributed by atoms with E-state index in [1.54, 1.807) is 0 Å². The minimum atomic E-state index is -0.933. The average Bonchev–Trinajstić information content (AvgIpc) is 2.91. The summed E-state index contributed by atoms with van der Waals surface area (Å²) in [6.07, 6.45) is 1.65. The van der Waals surface area contributed by atoms with Crippen molar-refractivity contribution in [2.75, 3.05) is 0 Å². The van der Waals surface area contributed by atoms with Crippen LogP contribution in [-0.4, -0.2) is 16.9 Å². The number of carbonyl (C=O) groups excluding carboxylic acids is 1. The molecule has 0 fully saturated rings. The summed E-state index contributed by atoms with van der Waals surface area (Å²) >= 11 is 0. The van der Waals surface area contributed by atoms with Gasteiger partial charge in [0.25, 0.3) is 0 Å². The smallest absolute Gasteiger partial charge is 0.336 e. The Morgan fingerprint density at radius 3 is 2.16 bits per heavy atom. The molecule has 0 heterocycles. The summed E-state index contributed by atoms with van der Waals surface area (Å²) < 4.78 is 0. The van der Waals surface area contributed by atoms with E-state index < -0.39 is 5.97 Å². The van der Waals surface area contributed by atoms with E-state index in [0.717, 1.165) is 29.5 Å². The van der Waals surface area contributed by atoms with Crippen molar-refractivity contribution in [1.82, 2.24) is 0 Å². The number of carboxylic acids is 1. The molecule has 25 heavy (non-hydrogen) atoms. The van der Waals surface area contributed by atoms with Crippen molar-refractivity contribution in [2.45, 2.75) is 52.4 Å². The Labute approximate surface area is 148 Å². The number of ketones is 1. The van der Waals surface area contributed by atoms with Crippen LogP contribution in [-0.2, 0) is 0 Å². The third-order valence-electron chi connectivity index (χ3n) is 5.55. The Bertz CT molecular complexity index is 864. The van der Waals surface area contributed by atoms with Gasteiger partial charge < -0.3 is 5.11 Å². The maximum atomic E-state index is 13.1. The van der Waals surface area contributed by atoms with Gasteiger partial charge in [0.2, 0.25) is 0 Å². The molecule has 0 aromatic heterocycles. The maximum Gasteiger partial charge on any atom is 0.336 e. The lowest BCUT2D eigenvalue weighted by molar-refractivity contribution is 0.0693.